The molecule has 214 valence electrons. The van der Waals surface area contributed by atoms with Gasteiger partial charge in [0.2, 0.25) is 11.8 Å². The zero-order valence-corrected chi connectivity index (χ0v) is 24.4. The highest BCUT2D eigenvalue weighted by Crippen LogP contribution is 2.27. The van der Waals surface area contributed by atoms with E-state index in [-0.39, 0.29) is 25.5 Å². The molecule has 0 saturated carbocycles. The predicted octanol–water partition coefficient (Wildman–Crippen LogP) is 4.74. The highest BCUT2D eigenvalue weighted by molar-refractivity contribution is 5.92. The number of unbranched alkanes of at least 4 members (excludes halogenated alkanes) is 3. The number of ether oxygens (including phenoxy) is 2. The van der Waals surface area contributed by atoms with Gasteiger partial charge in [-0.05, 0) is 66.0 Å². The lowest BCUT2D eigenvalue weighted by Crippen LogP contribution is -2.52. The number of hydrogen-bond donors (Lipinski definition) is 2. The van der Waals surface area contributed by atoms with E-state index in [1.54, 1.807) is 39.5 Å². The maximum Gasteiger partial charge on any atom is 0.408 e. The average Bonchev–Trinajstić information content (AvgIpc) is 2.81. The second-order valence-electron chi connectivity index (χ2n) is 10.6. The van der Waals surface area contributed by atoms with Gasteiger partial charge in [0, 0.05) is 13.1 Å². The van der Waals surface area contributed by atoms with E-state index in [0.29, 0.717) is 18.5 Å². The summed E-state index contributed by atoms with van der Waals surface area (Å²) in [6.07, 6.45) is 2.97. The second-order valence-corrected chi connectivity index (χ2v) is 10.6. The fourth-order valence-corrected chi connectivity index (χ4v) is 3.99. The van der Waals surface area contributed by atoms with Crippen LogP contribution in [0, 0.1) is 13.8 Å². The Bertz CT molecular complexity index is 941. The number of hydrogen-bond acceptors (Lipinski definition) is 6. The monoisotopic (exact) mass is 533 g/mol. The molecule has 0 heterocycles. The minimum Gasteiger partial charge on any atom is -0.466 e. The number of amides is 3. The number of carbonyl (C=O) groups is 4. The topological polar surface area (TPSA) is 114 Å². The number of carbonyl (C=O) groups excluding carboxylic acids is 4. The summed E-state index contributed by atoms with van der Waals surface area (Å²) in [5.74, 6) is -1.19. The summed E-state index contributed by atoms with van der Waals surface area (Å²) in [6, 6.07) is 3.92. The largest absolute Gasteiger partial charge is 0.466 e. The molecule has 0 saturated heterocycles. The molecule has 2 unspecified atom stereocenters. The van der Waals surface area contributed by atoms with Crippen molar-refractivity contribution in [2.75, 3.05) is 19.7 Å². The normalized spacial score (nSPS) is 12.7. The van der Waals surface area contributed by atoms with Crippen molar-refractivity contribution in [2.24, 2.45) is 0 Å². The minimum atomic E-state index is -0.936. The number of esters is 1. The van der Waals surface area contributed by atoms with Crippen LogP contribution in [0.4, 0.5) is 4.79 Å². The third-order valence-corrected chi connectivity index (χ3v) is 5.86. The van der Waals surface area contributed by atoms with Gasteiger partial charge in [0.1, 0.15) is 17.7 Å². The Kier molecular flexibility index (Phi) is 13.9. The molecule has 0 fully saturated rings. The molecule has 9 heteroatoms. The van der Waals surface area contributed by atoms with Crippen LogP contribution >= 0.6 is 0 Å². The van der Waals surface area contributed by atoms with E-state index in [9.17, 15) is 19.2 Å². The Morgan fingerprint density at radius 1 is 1.03 bits per heavy atom. The molecule has 0 spiro atoms. The van der Waals surface area contributed by atoms with Gasteiger partial charge in [-0.1, -0.05) is 49.9 Å². The van der Waals surface area contributed by atoms with Gasteiger partial charge in [-0.25, -0.2) is 4.79 Å². The van der Waals surface area contributed by atoms with Crippen LogP contribution in [-0.2, 0) is 23.9 Å². The Hall–Kier alpha value is -3.10. The smallest absolute Gasteiger partial charge is 0.408 e. The quantitative estimate of drug-likeness (QED) is 0.264. The predicted molar refractivity (Wildman–Crippen MR) is 148 cm³/mol. The fraction of sp³-hybridized carbons (Fsp3) is 0.655. The Labute approximate surface area is 228 Å². The van der Waals surface area contributed by atoms with Crippen molar-refractivity contribution >= 4 is 23.9 Å². The molecule has 0 aliphatic carbocycles. The van der Waals surface area contributed by atoms with Gasteiger partial charge in [-0.15, -0.1) is 0 Å². The molecular formula is C29H47N3O6. The van der Waals surface area contributed by atoms with Crippen molar-refractivity contribution in [3.05, 3.63) is 34.9 Å². The first-order valence-electron chi connectivity index (χ1n) is 13.6. The molecule has 0 radical (unpaired) electrons. The Morgan fingerprint density at radius 3 is 2.32 bits per heavy atom. The fourth-order valence-electron chi connectivity index (χ4n) is 3.99. The number of rotatable bonds is 14. The number of nitrogens with one attached hydrogen (secondary N) is 2. The van der Waals surface area contributed by atoms with Crippen LogP contribution in [0.1, 0.15) is 96.4 Å². The van der Waals surface area contributed by atoms with Crippen LogP contribution in [0.2, 0.25) is 0 Å². The van der Waals surface area contributed by atoms with Crippen molar-refractivity contribution in [1.82, 2.24) is 15.5 Å². The average molecular weight is 534 g/mol. The van der Waals surface area contributed by atoms with E-state index in [1.165, 1.54) is 0 Å². The first-order chi connectivity index (χ1) is 17.8. The molecular weight excluding hydrogens is 486 g/mol. The third-order valence-electron chi connectivity index (χ3n) is 5.86. The summed E-state index contributed by atoms with van der Waals surface area (Å²) in [5.41, 5.74) is 1.80. The van der Waals surface area contributed by atoms with Gasteiger partial charge < -0.3 is 25.0 Å². The lowest BCUT2D eigenvalue weighted by molar-refractivity contribution is -0.144. The summed E-state index contributed by atoms with van der Waals surface area (Å²) in [6.45, 7) is 15.2. The van der Waals surface area contributed by atoms with Crippen molar-refractivity contribution < 1.29 is 28.7 Å². The third kappa shape index (κ3) is 11.5. The summed E-state index contributed by atoms with van der Waals surface area (Å²) >= 11 is 0. The van der Waals surface area contributed by atoms with Crippen LogP contribution in [-0.4, -0.2) is 60.1 Å². The summed E-state index contributed by atoms with van der Waals surface area (Å²) in [7, 11) is 0. The highest BCUT2D eigenvalue weighted by Gasteiger charge is 2.35. The minimum absolute atomic E-state index is 0.0279. The van der Waals surface area contributed by atoms with E-state index < -0.39 is 35.7 Å². The van der Waals surface area contributed by atoms with Crippen LogP contribution in [0.25, 0.3) is 0 Å². The van der Waals surface area contributed by atoms with Crippen LogP contribution in [0.3, 0.4) is 0 Å². The first kappa shape index (κ1) is 32.9. The standard InChI is InChI=1S/C29H47N3O6/c1-9-11-12-13-18-32(27(35)22(5)31-28(36)38-29(6,7)8)25(23-19-20(3)14-15-21(23)4)26(34)30-17-16-24(33)37-10-2/h14-15,19,22,25H,9-13,16-18H2,1-8H3,(H,30,34)(H,31,36). The number of benzene rings is 1. The number of aryl methyl sites for hydroxylation is 2. The second kappa shape index (κ2) is 16.0. The van der Waals surface area contributed by atoms with Crippen molar-refractivity contribution in [1.29, 1.82) is 0 Å². The van der Waals surface area contributed by atoms with Crippen LogP contribution in [0.5, 0.6) is 0 Å². The molecule has 38 heavy (non-hydrogen) atoms. The molecule has 3 amide bonds. The maximum absolute atomic E-state index is 13.8. The molecule has 0 aliphatic rings. The van der Waals surface area contributed by atoms with E-state index >= 15 is 0 Å². The maximum atomic E-state index is 13.8. The molecule has 1 aromatic carbocycles. The van der Waals surface area contributed by atoms with Crippen molar-refractivity contribution in [3.63, 3.8) is 0 Å². The van der Waals surface area contributed by atoms with E-state index in [0.717, 1.165) is 30.4 Å². The molecule has 2 atom stereocenters. The summed E-state index contributed by atoms with van der Waals surface area (Å²) in [4.78, 5) is 53.2. The summed E-state index contributed by atoms with van der Waals surface area (Å²) < 4.78 is 10.3. The molecule has 0 aromatic heterocycles. The lowest BCUT2D eigenvalue weighted by atomic mass is 9.96. The van der Waals surface area contributed by atoms with E-state index in [1.807, 2.05) is 32.0 Å². The number of alkyl carbamates (subject to hydrolysis) is 1. The highest BCUT2D eigenvalue weighted by atomic mass is 16.6. The van der Waals surface area contributed by atoms with Gasteiger partial charge in [0.05, 0.1) is 13.0 Å². The zero-order valence-electron chi connectivity index (χ0n) is 24.4. The van der Waals surface area contributed by atoms with Gasteiger partial charge in [0.15, 0.2) is 0 Å². The first-order valence-corrected chi connectivity index (χ1v) is 13.6. The van der Waals surface area contributed by atoms with Gasteiger partial charge in [-0.3, -0.25) is 14.4 Å². The van der Waals surface area contributed by atoms with E-state index in [4.69, 9.17) is 9.47 Å². The van der Waals surface area contributed by atoms with Crippen LogP contribution in [0.15, 0.2) is 18.2 Å². The van der Waals surface area contributed by atoms with Gasteiger partial charge in [0.25, 0.3) is 0 Å². The molecule has 2 N–H and O–H groups in total. The SMILES string of the molecule is CCCCCCN(C(=O)C(C)NC(=O)OC(C)(C)C)C(C(=O)NCCC(=O)OCC)c1cc(C)ccc1C. The lowest BCUT2D eigenvalue weighted by Gasteiger charge is -2.34. The zero-order chi connectivity index (χ0) is 28.9. The molecule has 1 aromatic rings. The molecule has 1 rings (SSSR count). The summed E-state index contributed by atoms with van der Waals surface area (Å²) in [5, 5.41) is 5.44. The van der Waals surface area contributed by atoms with Gasteiger partial charge in [-0.2, -0.15) is 0 Å². The molecule has 9 nitrogen and oxygen atoms in total. The van der Waals surface area contributed by atoms with E-state index in [2.05, 4.69) is 17.6 Å². The van der Waals surface area contributed by atoms with Gasteiger partial charge >= 0.3 is 12.1 Å². The molecule has 0 bridgehead atoms. The molecule has 0 aliphatic heterocycles. The Morgan fingerprint density at radius 2 is 1.71 bits per heavy atom. The van der Waals surface area contributed by atoms with Crippen LogP contribution < -0.4 is 10.6 Å². The Balaban J connectivity index is 3.34. The van der Waals surface area contributed by atoms with Crippen molar-refractivity contribution in [2.45, 2.75) is 105 Å². The van der Waals surface area contributed by atoms with Crippen molar-refractivity contribution in [3.8, 4) is 0 Å². The number of nitrogens with zero attached hydrogens (tertiary/aromatic N) is 1.